The molecule has 1 aromatic rings. The third kappa shape index (κ3) is 1.67. The monoisotopic (exact) mass is 162 g/mol. The number of aliphatic hydroxyl groups excluding tert-OH is 1. The molecular formula is C11H14O. The van der Waals surface area contributed by atoms with Gasteiger partial charge in [0.2, 0.25) is 0 Å². The first-order chi connectivity index (χ1) is 5.63. The van der Waals surface area contributed by atoms with Crippen molar-refractivity contribution >= 4 is 5.76 Å². The van der Waals surface area contributed by atoms with Crippen LogP contribution in [0, 0.1) is 6.92 Å². The van der Waals surface area contributed by atoms with E-state index in [1.807, 2.05) is 45.0 Å². The Labute approximate surface area is 73.4 Å². The van der Waals surface area contributed by atoms with Crippen molar-refractivity contribution in [2.75, 3.05) is 0 Å². The predicted molar refractivity (Wildman–Crippen MR) is 52.1 cm³/mol. The molecule has 1 heteroatoms. The van der Waals surface area contributed by atoms with Gasteiger partial charge in [0.05, 0.1) is 0 Å². The Bertz CT molecular complexity index is 307. The van der Waals surface area contributed by atoms with Gasteiger partial charge in [-0.15, -0.1) is 0 Å². The highest BCUT2D eigenvalue weighted by molar-refractivity contribution is 5.63. The first-order valence-electron chi connectivity index (χ1n) is 4.05. The van der Waals surface area contributed by atoms with Gasteiger partial charge in [0.1, 0.15) is 5.76 Å². The molecule has 12 heavy (non-hydrogen) atoms. The van der Waals surface area contributed by atoms with E-state index in [0.29, 0.717) is 5.76 Å². The lowest BCUT2D eigenvalue weighted by molar-refractivity contribution is 0.506. The minimum Gasteiger partial charge on any atom is -0.507 e. The van der Waals surface area contributed by atoms with Gasteiger partial charge in [-0.2, -0.15) is 0 Å². The molecule has 1 rings (SSSR count). The average Bonchev–Trinajstić information content (AvgIpc) is 2.04. The number of aliphatic hydroxyl groups is 1. The summed E-state index contributed by atoms with van der Waals surface area (Å²) in [4.78, 5) is 0. The third-order valence-electron chi connectivity index (χ3n) is 1.87. The minimum atomic E-state index is 0.396. The number of hydrogen-bond acceptors (Lipinski definition) is 1. The number of benzene rings is 1. The van der Waals surface area contributed by atoms with Gasteiger partial charge in [-0.05, 0) is 31.9 Å². The standard InChI is InChI=1S/C11H14O/c1-8(2)11(12)10-7-5-4-6-9(10)3/h4-7,12H,1-3H3. The molecule has 1 N–H and O–H groups in total. The summed E-state index contributed by atoms with van der Waals surface area (Å²) in [5.74, 6) is 0.396. The van der Waals surface area contributed by atoms with Crippen LogP contribution < -0.4 is 0 Å². The van der Waals surface area contributed by atoms with Crippen molar-refractivity contribution in [3.63, 3.8) is 0 Å². The minimum absolute atomic E-state index is 0.396. The van der Waals surface area contributed by atoms with Crippen LogP contribution in [0.25, 0.3) is 5.76 Å². The molecule has 0 heterocycles. The summed E-state index contributed by atoms with van der Waals surface area (Å²) in [5.41, 5.74) is 2.98. The number of rotatable bonds is 1. The Balaban J connectivity index is 3.21. The van der Waals surface area contributed by atoms with E-state index >= 15 is 0 Å². The quantitative estimate of drug-likeness (QED) is 0.628. The van der Waals surface area contributed by atoms with Crippen molar-refractivity contribution in [2.45, 2.75) is 20.8 Å². The van der Waals surface area contributed by atoms with Crippen LogP contribution in [0.1, 0.15) is 25.0 Å². The van der Waals surface area contributed by atoms with Gasteiger partial charge in [0.15, 0.2) is 0 Å². The largest absolute Gasteiger partial charge is 0.507 e. The maximum Gasteiger partial charge on any atom is 0.121 e. The normalized spacial score (nSPS) is 9.58. The van der Waals surface area contributed by atoms with Crippen LogP contribution in [0.5, 0.6) is 0 Å². The van der Waals surface area contributed by atoms with E-state index in [1.165, 1.54) is 0 Å². The molecule has 0 radical (unpaired) electrons. The van der Waals surface area contributed by atoms with Crippen molar-refractivity contribution in [2.24, 2.45) is 0 Å². The topological polar surface area (TPSA) is 20.2 Å². The fraction of sp³-hybridized carbons (Fsp3) is 0.273. The van der Waals surface area contributed by atoms with Crippen LogP contribution in [0.15, 0.2) is 29.8 Å². The van der Waals surface area contributed by atoms with Crippen LogP contribution in [0.4, 0.5) is 0 Å². The summed E-state index contributed by atoms with van der Waals surface area (Å²) in [5, 5.41) is 9.66. The Kier molecular flexibility index (Phi) is 2.54. The second kappa shape index (κ2) is 3.44. The molecule has 0 aliphatic carbocycles. The second-order valence-electron chi connectivity index (χ2n) is 3.16. The van der Waals surface area contributed by atoms with Crippen molar-refractivity contribution in [1.29, 1.82) is 0 Å². The van der Waals surface area contributed by atoms with E-state index in [9.17, 15) is 5.11 Å². The zero-order valence-corrected chi connectivity index (χ0v) is 7.76. The van der Waals surface area contributed by atoms with Crippen LogP contribution >= 0.6 is 0 Å². The molecule has 0 amide bonds. The molecule has 0 aliphatic heterocycles. The summed E-state index contributed by atoms with van der Waals surface area (Å²) in [6, 6.07) is 7.82. The van der Waals surface area contributed by atoms with E-state index in [0.717, 1.165) is 16.7 Å². The van der Waals surface area contributed by atoms with Crippen molar-refractivity contribution < 1.29 is 5.11 Å². The highest BCUT2D eigenvalue weighted by Gasteiger charge is 2.02. The SMILES string of the molecule is CC(C)=C(O)c1ccccc1C. The first-order valence-corrected chi connectivity index (χ1v) is 4.05. The number of hydrogen-bond donors (Lipinski definition) is 1. The summed E-state index contributed by atoms with van der Waals surface area (Å²) in [6.07, 6.45) is 0. The molecule has 0 spiro atoms. The van der Waals surface area contributed by atoms with Crippen molar-refractivity contribution in [1.82, 2.24) is 0 Å². The van der Waals surface area contributed by atoms with Crippen LogP contribution in [-0.4, -0.2) is 5.11 Å². The molecule has 1 aromatic carbocycles. The lowest BCUT2D eigenvalue weighted by Gasteiger charge is -2.05. The van der Waals surface area contributed by atoms with Gasteiger partial charge in [0.25, 0.3) is 0 Å². The molecule has 1 nitrogen and oxygen atoms in total. The van der Waals surface area contributed by atoms with Gasteiger partial charge >= 0.3 is 0 Å². The Morgan fingerprint density at radius 3 is 2.25 bits per heavy atom. The number of allylic oxidation sites excluding steroid dienone is 1. The molecule has 0 saturated heterocycles. The second-order valence-corrected chi connectivity index (χ2v) is 3.16. The lowest BCUT2D eigenvalue weighted by Crippen LogP contribution is -1.88. The molecular weight excluding hydrogens is 148 g/mol. The van der Waals surface area contributed by atoms with Crippen LogP contribution in [0.3, 0.4) is 0 Å². The van der Waals surface area contributed by atoms with Crippen LogP contribution in [-0.2, 0) is 0 Å². The molecule has 64 valence electrons. The zero-order valence-electron chi connectivity index (χ0n) is 7.76. The molecule has 0 saturated carbocycles. The predicted octanol–water partition coefficient (Wildman–Crippen LogP) is 3.30. The summed E-state index contributed by atoms with van der Waals surface area (Å²) < 4.78 is 0. The fourth-order valence-electron chi connectivity index (χ4n) is 1.11. The summed E-state index contributed by atoms with van der Waals surface area (Å²) in [7, 11) is 0. The summed E-state index contributed by atoms with van der Waals surface area (Å²) >= 11 is 0. The molecule has 0 fully saturated rings. The average molecular weight is 162 g/mol. The highest BCUT2D eigenvalue weighted by Crippen LogP contribution is 2.18. The van der Waals surface area contributed by atoms with E-state index in [1.54, 1.807) is 0 Å². The zero-order chi connectivity index (χ0) is 9.14. The van der Waals surface area contributed by atoms with Crippen molar-refractivity contribution in [3.05, 3.63) is 41.0 Å². The van der Waals surface area contributed by atoms with Gasteiger partial charge in [0, 0.05) is 5.56 Å². The van der Waals surface area contributed by atoms with Crippen molar-refractivity contribution in [3.8, 4) is 0 Å². The molecule has 0 bridgehead atoms. The van der Waals surface area contributed by atoms with E-state index in [-0.39, 0.29) is 0 Å². The maximum absolute atomic E-state index is 9.66. The molecule has 0 aromatic heterocycles. The van der Waals surface area contributed by atoms with Crippen LogP contribution in [0.2, 0.25) is 0 Å². The fourth-order valence-corrected chi connectivity index (χ4v) is 1.11. The van der Waals surface area contributed by atoms with E-state index in [4.69, 9.17) is 0 Å². The van der Waals surface area contributed by atoms with E-state index < -0.39 is 0 Å². The van der Waals surface area contributed by atoms with Gasteiger partial charge in [-0.25, -0.2) is 0 Å². The summed E-state index contributed by atoms with van der Waals surface area (Å²) in [6.45, 7) is 5.80. The van der Waals surface area contributed by atoms with E-state index in [2.05, 4.69) is 0 Å². The lowest BCUT2D eigenvalue weighted by atomic mass is 10.1. The first kappa shape index (κ1) is 8.85. The van der Waals surface area contributed by atoms with Gasteiger partial charge in [-0.1, -0.05) is 24.3 Å². The molecule has 0 atom stereocenters. The number of aryl methyl sites for hydroxylation is 1. The Hall–Kier alpha value is -1.24. The third-order valence-corrected chi connectivity index (χ3v) is 1.87. The Morgan fingerprint density at radius 2 is 1.75 bits per heavy atom. The molecule has 0 unspecified atom stereocenters. The highest BCUT2D eigenvalue weighted by atomic mass is 16.3. The smallest absolute Gasteiger partial charge is 0.121 e. The van der Waals surface area contributed by atoms with Gasteiger partial charge in [-0.3, -0.25) is 0 Å². The Morgan fingerprint density at radius 1 is 1.17 bits per heavy atom. The molecule has 0 aliphatic rings. The van der Waals surface area contributed by atoms with Gasteiger partial charge < -0.3 is 5.11 Å². The maximum atomic E-state index is 9.66.